The van der Waals surface area contributed by atoms with E-state index in [1.54, 1.807) is 12.1 Å². The minimum Gasteiger partial charge on any atom is -0.489 e. The Balaban J connectivity index is 2.10. The maximum Gasteiger partial charge on any atom is 0.131 e. The van der Waals surface area contributed by atoms with Crippen LogP contribution in [0.1, 0.15) is 22.3 Å². The topological polar surface area (TPSA) is 35.2 Å². The summed E-state index contributed by atoms with van der Waals surface area (Å²) in [6.45, 7) is 4.72. The summed E-state index contributed by atoms with van der Waals surface area (Å²) in [5.74, 6) is 0.205. The van der Waals surface area contributed by atoms with Gasteiger partial charge in [-0.2, -0.15) is 0 Å². The third-order valence-corrected chi connectivity index (χ3v) is 3.14. The summed E-state index contributed by atoms with van der Waals surface area (Å²) in [7, 11) is 0. The second-order valence-electron chi connectivity index (χ2n) is 4.68. The van der Waals surface area contributed by atoms with Gasteiger partial charge < -0.3 is 10.5 Å². The van der Waals surface area contributed by atoms with E-state index in [0.29, 0.717) is 17.9 Å². The molecule has 0 aliphatic rings. The van der Waals surface area contributed by atoms with Crippen molar-refractivity contribution >= 4 is 0 Å². The summed E-state index contributed by atoms with van der Waals surface area (Å²) in [5.41, 5.74) is 9.39. The molecule has 0 radical (unpaired) electrons. The number of hydrogen-bond donors (Lipinski definition) is 1. The van der Waals surface area contributed by atoms with Crippen LogP contribution in [-0.4, -0.2) is 0 Å². The fourth-order valence-electron chi connectivity index (χ4n) is 1.90. The van der Waals surface area contributed by atoms with Crippen molar-refractivity contribution in [1.29, 1.82) is 0 Å². The smallest absolute Gasteiger partial charge is 0.131 e. The molecule has 2 N–H and O–H groups in total. The van der Waals surface area contributed by atoms with Crippen molar-refractivity contribution in [1.82, 2.24) is 0 Å². The third-order valence-electron chi connectivity index (χ3n) is 3.14. The molecule has 0 spiro atoms. The molecule has 3 heteroatoms. The van der Waals surface area contributed by atoms with Crippen molar-refractivity contribution in [3.05, 3.63) is 64.5 Å². The molecule has 0 aromatic heterocycles. The zero-order chi connectivity index (χ0) is 13.8. The summed E-state index contributed by atoms with van der Waals surface area (Å²) in [4.78, 5) is 0. The Morgan fingerprint density at radius 1 is 1.05 bits per heavy atom. The number of halogens is 1. The van der Waals surface area contributed by atoms with Gasteiger partial charge in [0.25, 0.3) is 0 Å². The van der Waals surface area contributed by atoms with E-state index in [2.05, 4.69) is 18.2 Å². The maximum atomic E-state index is 13.6. The first-order valence-electron chi connectivity index (χ1n) is 6.27. The van der Waals surface area contributed by atoms with Crippen LogP contribution >= 0.6 is 0 Å². The molecule has 0 saturated carbocycles. The zero-order valence-electron chi connectivity index (χ0n) is 11.2. The van der Waals surface area contributed by atoms with Crippen molar-refractivity contribution in [2.45, 2.75) is 27.0 Å². The van der Waals surface area contributed by atoms with Gasteiger partial charge in [0.2, 0.25) is 0 Å². The fraction of sp³-hybridized carbons (Fsp3) is 0.250. The van der Waals surface area contributed by atoms with E-state index in [1.165, 1.54) is 17.2 Å². The average molecular weight is 259 g/mol. The van der Waals surface area contributed by atoms with Crippen molar-refractivity contribution in [2.75, 3.05) is 0 Å². The molecule has 0 fully saturated rings. The summed E-state index contributed by atoms with van der Waals surface area (Å²) in [6.07, 6.45) is 0. The Hall–Kier alpha value is -1.87. The Bertz CT molecular complexity index is 581. The van der Waals surface area contributed by atoms with Gasteiger partial charge >= 0.3 is 0 Å². The second-order valence-corrected chi connectivity index (χ2v) is 4.68. The molecule has 2 nitrogen and oxygen atoms in total. The number of nitrogens with two attached hydrogens (primary N) is 1. The lowest BCUT2D eigenvalue weighted by atomic mass is 10.1. The third kappa shape index (κ3) is 3.32. The highest BCUT2D eigenvalue weighted by atomic mass is 19.1. The zero-order valence-corrected chi connectivity index (χ0v) is 11.2. The van der Waals surface area contributed by atoms with Gasteiger partial charge in [-0.25, -0.2) is 4.39 Å². The number of aryl methyl sites for hydroxylation is 2. The van der Waals surface area contributed by atoms with Gasteiger partial charge in [0.15, 0.2) is 0 Å². The van der Waals surface area contributed by atoms with Crippen LogP contribution in [0.5, 0.6) is 5.75 Å². The van der Waals surface area contributed by atoms with Crippen molar-refractivity contribution in [3.63, 3.8) is 0 Å². The first-order valence-corrected chi connectivity index (χ1v) is 6.27. The number of benzene rings is 2. The molecule has 19 heavy (non-hydrogen) atoms. The van der Waals surface area contributed by atoms with E-state index in [9.17, 15) is 4.39 Å². The van der Waals surface area contributed by atoms with Crippen LogP contribution in [0.4, 0.5) is 4.39 Å². The van der Waals surface area contributed by atoms with Gasteiger partial charge in [-0.3, -0.25) is 0 Å². The lowest BCUT2D eigenvalue weighted by Gasteiger charge is -2.10. The van der Waals surface area contributed by atoms with Crippen LogP contribution in [0.25, 0.3) is 0 Å². The average Bonchev–Trinajstić information content (AvgIpc) is 2.40. The summed E-state index contributed by atoms with van der Waals surface area (Å²) in [5, 5.41) is 0. The lowest BCUT2D eigenvalue weighted by Crippen LogP contribution is -2.02. The predicted octanol–water partition coefficient (Wildman–Crippen LogP) is 3.48. The van der Waals surface area contributed by atoms with E-state index in [-0.39, 0.29) is 12.4 Å². The minimum absolute atomic E-state index is 0.198. The van der Waals surface area contributed by atoms with E-state index in [0.717, 1.165) is 5.56 Å². The Labute approximate surface area is 113 Å². The molecule has 0 aliphatic carbocycles. The predicted molar refractivity (Wildman–Crippen MR) is 74.5 cm³/mol. The molecule has 0 saturated heterocycles. The Morgan fingerprint density at radius 2 is 1.84 bits per heavy atom. The second kappa shape index (κ2) is 5.85. The standard InChI is InChI=1S/C16H18FNO/c1-11-3-4-12(2)14(7-11)10-19-15-6-5-13(9-18)16(17)8-15/h3-8H,9-10,18H2,1-2H3. The SMILES string of the molecule is Cc1ccc(C)c(COc2ccc(CN)c(F)c2)c1. The molecule has 0 aliphatic heterocycles. The molecule has 0 unspecified atom stereocenters. The molecule has 0 bridgehead atoms. The van der Waals surface area contributed by atoms with Crippen LogP contribution < -0.4 is 10.5 Å². The van der Waals surface area contributed by atoms with E-state index in [1.807, 2.05) is 13.8 Å². The number of hydrogen-bond acceptors (Lipinski definition) is 2. The van der Waals surface area contributed by atoms with Gasteiger partial charge in [0, 0.05) is 18.2 Å². The van der Waals surface area contributed by atoms with Crippen LogP contribution in [-0.2, 0) is 13.2 Å². The first kappa shape index (κ1) is 13.6. The Morgan fingerprint density at radius 3 is 2.53 bits per heavy atom. The van der Waals surface area contributed by atoms with Crippen LogP contribution in [0.2, 0.25) is 0 Å². The van der Waals surface area contributed by atoms with Gasteiger partial charge in [0.1, 0.15) is 18.2 Å². The molecule has 2 rings (SSSR count). The highest BCUT2D eigenvalue weighted by molar-refractivity contribution is 5.32. The van der Waals surface area contributed by atoms with Crippen molar-refractivity contribution < 1.29 is 9.13 Å². The van der Waals surface area contributed by atoms with Crippen molar-refractivity contribution in [2.24, 2.45) is 5.73 Å². The van der Waals surface area contributed by atoms with Crippen LogP contribution in [0.15, 0.2) is 36.4 Å². The van der Waals surface area contributed by atoms with E-state index < -0.39 is 0 Å². The van der Waals surface area contributed by atoms with Gasteiger partial charge in [0.05, 0.1) is 0 Å². The largest absolute Gasteiger partial charge is 0.489 e. The number of ether oxygens (including phenoxy) is 1. The fourth-order valence-corrected chi connectivity index (χ4v) is 1.90. The van der Waals surface area contributed by atoms with Crippen LogP contribution in [0, 0.1) is 19.7 Å². The van der Waals surface area contributed by atoms with Gasteiger partial charge in [-0.1, -0.05) is 29.8 Å². The summed E-state index contributed by atoms with van der Waals surface area (Å²) < 4.78 is 19.2. The molecule has 2 aromatic carbocycles. The van der Waals surface area contributed by atoms with E-state index in [4.69, 9.17) is 10.5 Å². The number of rotatable bonds is 4. The van der Waals surface area contributed by atoms with Crippen molar-refractivity contribution in [3.8, 4) is 5.75 Å². The molecular formula is C16H18FNO. The molecular weight excluding hydrogens is 241 g/mol. The monoisotopic (exact) mass is 259 g/mol. The normalized spacial score (nSPS) is 10.5. The highest BCUT2D eigenvalue weighted by Gasteiger charge is 2.04. The molecule has 100 valence electrons. The lowest BCUT2D eigenvalue weighted by molar-refractivity contribution is 0.303. The molecule has 0 atom stereocenters. The molecule has 0 heterocycles. The Kier molecular flexibility index (Phi) is 4.17. The maximum absolute atomic E-state index is 13.6. The first-order chi connectivity index (χ1) is 9.10. The highest BCUT2D eigenvalue weighted by Crippen LogP contribution is 2.19. The summed E-state index contributed by atoms with van der Waals surface area (Å²) >= 11 is 0. The minimum atomic E-state index is -0.319. The summed E-state index contributed by atoms with van der Waals surface area (Å²) in [6, 6.07) is 11.0. The quantitative estimate of drug-likeness (QED) is 0.912. The van der Waals surface area contributed by atoms with Gasteiger partial charge in [-0.15, -0.1) is 0 Å². The molecule has 2 aromatic rings. The van der Waals surface area contributed by atoms with Gasteiger partial charge in [-0.05, 0) is 31.0 Å². The molecule has 0 amide bonds. The van der Waals surface area contributed by atoms with E-state index >= 15 is 0 Å². The van der Waals surface area contributed by atoms with Crippen LogP contribution in [0.3, 0.4) is 0 Å².